The van der Waals surface area contributed by atoms with E-state index < -0.39 is 5.60 Å². The van der Waals surface area contributed by atoms with Gasteiger partial charge in [0.25, 0.3) is 5.91 Å². The second-order valence-corrected chi connectivity index (χ2v) is 7.64. The highest BCUT2D eigenvalue weighted by Gasteiger charge is 2.54. The Morgan fingerprint density at radius 2 is 1.76 bits per heavy atom. The number of nitrogens with one attached hydrogen (secondary N) is 1. The minimum Gasteiger partial charge on any atom is -0.390 e. The van der Waals surface area contributed by atoms with Crippen LogP contribution in [0.2, 0.25) is 5.02 Å². The molecule has 0 spiro atoms. The molecule has 5 atom stereocenters. The molecule has 0 aromatic heterocycles. The van der Waals surface area contributed by atoms with Gasteiger partial charge in [-0.05, 0) is 74.1 Å². The molecule has 3 nitrogen and oxygen atoms in total. The molecule has 1 aromatic rings. The third-order valence-electron chi connectivity index (χ3n) is 5.65. The molecule has 0 heterocycles. The molecule has 2 N–H and O–H groups in total. The van der Waals surface area contributed by atoms with Gasteiger partial charge in [-0.15, -0.1) is 0 Å². The number of hydrogen-bond acceptors (Lipinski definition) is 2. The predicted molar refractivity (Wildman–Crippen MR) is 81.2 cm³/mol. The molecule has 1 amide bonds. The van der Waals surface area contributed by atoms with Crippen molar-refractivity contribution in [2.75, 3.05) is 0 Å². The summed E-state index contributed by atoms with van der Waals surface area (Å²) in [5.41, 5.74) is 0.213. The molecule has 4 heteroatoms. The van der Waals surface area contributed by atoms with Crippen LogP contribution < -0.4 is 5.32 Å². The molecule has 1 aromatic carbocycles. The van der Waals surface area contributed by atoms with E-state index in [1.165, 1.54) is 0 Å². The lowest BCUT2D eigenvalue weighted by molar-refractivity contribution is -0.136. The number of carbonyl (C=O) groups excluding carboxylic acids is 1. The molecular formula is C17H20ClNO2. The Kier molecular flexibility index (Phi) is 3.05. The Balaban J connectivity index is 1.50. The van der Waals surface area contributed by atoms with Crippen LogP contribution in [0.4, 0.5) is 0 Å². The Bertz CT molecular complexity index is 555. The average molecular weight is 306 g/mol. The zero-order valence-corrected chi connectivity index (χ0v) is 12.6. The van der Waals surface area contributed by atoms with Crippen molar-refractivity contribution in [3.63, 3.8) is 0 Å². The standard InChI is InChI=1S/C17H20ClNO2/c18-14-3-1-11(2-4-14)16(20)19-15-12-5-10-6-13(15)9-17(21,7-10)8-12/h1-4,10,12-13,15,21H,5-9H2,(H,19,20)/t10?,12-,13+,15?,17?. The van der Waals surface area contributed by atoms with Crippen LogP contribution >= 0.6 is 11.6 Å². The molecule has 0 radical (unpaired) electrons. The number of aliphatic hydroxyl groups is 1. The molecule has 0 aliphatic heterocycles. The maximum atomic E-state index is 12.4. The van der Waals surface area contributed by atoms with Crippen LogP contribution in [0.15, 0.2) is 24.3 Å². The lowest BCUT2D eigenvalue weighted by Crippen LogP contribution is -2.61. The van der Waals surface area contributed by atoms with Gasteiger partial charge in [0, 0.05) is 16.6 Å². The van der Waals surface area contributed by atoms with Gasteiger partial charge >= 0.3 is 0 Å². The summed E-state index contributed by atoms with van der Waals surface area (Å²) in [4.78, 5) is 12.4. The normalized spacial score (nSPS) is 40.3. The minimum atomic E-state index is -0.446. The van der Waals surface area contributed by atoms with Gasteiger partial charge in [-0.2, -0.15) is 0 Å². The SMILES string of the molecule is O=C(NC1[C@@H]2CC3C[C@H]1CC(O)(C3)C2)c1ccc(Cl)cc1. The van der Waals surface area contributed by atoms with Gasteiger partial charge < -0.3 is 10.4 Å². The summed E-state index contributed by atoms with van der Waals surface area (Å²) in [6.45, 7) is 0. The Hall–Kier alpha value is -1.06. The zero-order valence-electron chi connectivity index (χ0n) is 11.9. The van der Waals surface area contributed by atoms with Crippen molar-refractivity contribution in [3.05, 3.63) is 34.9 Å². The second kappa shape index (κ2) is 4.72. The highest BCUT2D eigenvalue weighted by Crippen LogP contribution is 2.55. The third kappa shape index (κ3) is 2.36. The summed E-state index contributed by atoms with van der Waals surface area (Å²) in [6.07, 6.45) is 4.99. The fraction of sp³-hybridized carbons (Fsp3) is 0.588. The molecule has 4 bridgehead atoms. The first kappa shape index (κ1) is 13.6. The summed E-state index contributed by atoms with van der Waals surface area (Å²) >= 11 is 5.86. The highest BCUT2D eigenvalue weighted by atomic mass is 35.5. The summed E-state index contributed by atoms with van der Waals surface area (Å²) in [6, 6.07) is 7.25. The maximum Gasteiger partial charge on any atom is 0.251 e. The fourth-order valence-electron chi connectivity index (χ4n) is 5.05. The largest absolute Gasteiger partial charge is 0.390 e. The van der Waals surface area contributed by atoms with Crippen molar-refractivity contribution in [1.82, 2.24) is 5.32 Å². The van der Waals surface area contributed by atoms with E-state index in [2.05, 4.69) is 5.32 Å². The first-order valence-corrected chi connectivity index (χ1v) is 8.19. The molecule has 21 heavy (non-hydrogen) atoms. The topological polar surface area (TPSA) is 49.3 Å². The van der Waals surface area contributed by atoms with Crippen molar-refractivity contribution in [3.8, 4) is 0 Å². The van der Waals surface area contributed by atoms with Crippen LogP contribution in [0.5, 0.6) is 0 Å². The van der Waals surface area contributed by atoms with E-state index in [0.717, 1.165) is 32.1 Å². The maximum absolute atomic E-state index is 12.4. The zero-order chi connectivity index (χ0) is 14.6. The summed E-state index contributed by atoms with van der Waals surface area (Å²) < 4.78 is 0. The average Bonchev–Trinajstić information content (AvgIpc) is 2.41. The molecule has 4 fully saturated rings. The van der Waals surface area contributed by atoms with Crippen molar-refractivity contribution in [2.24, 2.45) is 17.8 Å². The number of rotatable bonds is 2. The predicted octanol–water partition coefficient (Wildman–Crippen LogP) is 3.01. The van der Waals surface area contributed by atoms with Gasteiger partial charge in [-0.3, -0.25) is 4.79 Å². The monoisotopic (exact) mass is 305 g/mol. The van der Waals surface area contributed by atoms with E-state index in [9.17, 15) is 9.90 Å². The Labute approximate surface area is 129 Å². The van der Waals surface area contributed by atoms with E-state index >= 15 is 0 Å². The van der Waals surface area contributed by atoms with Crippen LogP contribution in [0.3, 0.4) is 0 Å². The minimum absolute atomic E-state index is 0.0175. The van der Waals surface area contributed by atoms with Crippen LogP contribution in [-0.4, -0.2) is 22.7 Å². The van der Waals surface area contributed by atoms with E-state index in [4.69, 9.17) is 11.6 Å². The van der Waals surface area contributed by atoms with Gasteiger partial charge in [0.05, 0.1) is 5.60 Å². The number of carbonyl (C=O) groups is 1. The van der Waals surface area contributed by atoms with Crippen LogP contribution in [-0.2, 0) is 0 Å². The van der Waals surface area contributed by atoms with Crippen molar-refractivity contribution in [1.29, 1.82) is 0 Å². The van der Waals surface area contributed by atoms with Crippen LogP contribution in [0.25, 0.3) is 0 Å². The molecule has 3 unspecified atom stereocenters. The lowest BCUT2D eigenvalue weighted by atomic mass is 9.52. The molecule has 112 valence electrons. The van der Waals surface area contributed by atoms with E-state index in [-0.39, 0.29) is 11.9 Å². The molecule has 5 rings (SSSR count). The quantitative estimate of drug-likeness (QED) is 0.882. The van der Waals surface area contributed by atoms with E-state index in [1.54, 1.807) is 24.3 Å². The molecule has 4 aliphatic carbocycles. The molecular weight excluding hydrogens is 286 g/mol. The van der Waals surface area contributed by atoms with Crippen molar-refractivity contribution >= 4 is 17.5 Å². The summed E-state index contributed by atoms with van der Waals surface area (Å²) in [7, 11) is 0. The van der Waals surface area contributed by atoms with E-state index in [1.807, 2.05) is 0 Å². The third-order valence-corrected chi connectivity index (χ3v) is 5.90. The number of amides is 1. The van der Waals surface area contributed by atoms with Crippen molar-refractivity contribution in [2.45, 2.75) is 43.7 Å². The van der Waals surface area contributed by atoms with Gasteiger partial charge in [0.1, 0.15) is 0 Å². The van der Waals surface area contributed by atoms with Crippen LogP contribution in [0.1, 0.15) is 42.5 Å². The van der Waals surface area contributed by atoms with E-state index in [0.29, 0.717) is 28.3 Å². The Morgan fingerprint density at radius 1 is 1.14 bits per heavy atom. The first-order valence-electron chi connectivity index (χ1n) is 7.81. The number of halogens is 1. The Morgan fingerprint density at radius 3 is 2.33 bits per heavy atom. The van der Waals surface area contributed by atoms with Gasteiger partial charge in [-0.1, -0.05) is 11.6 Å². The van der Waals surface area contributed by atoms with Gasteiger partial charge in [-0.25, -0.2) is 0 Å². The molecule has 4 saturated carbocycles. The second-order valence-electron chi connectivity index (χ2n) is 7.20. The lowest BCUT2D eigenvalue weighted by Gasteiger charge is -2.58. The molecule has 4 aliphatic rings. The van der Waals surface area contributed by atoms with Gasteiger partial charge in [0.15, 0.2) is 0 Å². The van der Waals surface area contributed by atoms with Crippen LogP contribution in [0, 0.1) is 17.8 Å². The number of benzene rings is 1. The fourth-order valence-corrected chi connectivity index (χ4v) is 5.18. The number of hydrogen-bond donors (Lipinski definition) is 2. The summed E-state index contributed by atoms with van der Waals surface area (Å²) in [5.74, 6) is 1.53. The summed E-state index contributed by atoms with van der Waals surface area (Å²) in [5, 5.41) is 14.4. The van der Waals surface area contributed by atoms with Gasteiger partial charge in [0.2, 0.25) is 0 Å². The first-order chi connectivity index (χ1) is 10.0. The highest BCUT2D eigenvalue weighted by molar-refractivity contribution is 6.30. The molecule has 0 saturated heterocycles. The van der Waals surface area contributed by atoms with Crippen molar-refractivity contribution < 1.29 is 9.90 Å². The smallest absolute Gasteiger partial charge is 0.251 e.